The van der Waals surface area contributed by atoms with Crippen LogP contribution in [0.1, 0.15) is 33.9 Å². The van der Waals surface area contributed by atoms with Crippen molar-refractivity contribution >= 4 is 40.9 Å². The molecule has 0 unspecified atom stereocenters. The van der Waals surface area contributed by atoms with Gasteiger partial charge in [-0.05, 0) is 0 Å². The minimum atomic E-state index is -1.18. The van der Waals surface area contributed by atoms with Gasteiger partial charge in [0, 0.05) is 27.7 Å². The van der Waals surface area contributed by atoms with Crippen molar-refractivity contribution in [3.8, 4) is 0 Å². The predicted molar refractivity (Wildman–Crippen MR) is 104 cm³/mol. The summed E-state index contributed by atoms with van der Waals surface area (Å²) in [6.45, 7) is 4.46. The summed E-state index contributed by atoms with van der Waals surface area (Å²) in [6.07, 6.45) is -3.22. The Balaban J connectivity index is 2.07. The van der Waals surface area contributed by atoms with Crippen molar-refractivity contribution in [2.45, 2.75) is 52.2 Å². The third-order valence-corrected chi connectivity index (χ3v) is 4.34. The second kappa shape index (κ2) is 9.13. The lowest BCUT2D eigenvalue weighted by atomic mass is 10.1. The van der Waals surface area contributed by atoms with Crippen LogP contribution in [0.25, 0.3) is 11.2 Å². The number of anilines is 1. The summed E-state index contributed by atoms with van der Waals surface area (Å²) < 4.78 is 22.8. The van der Waals surface area contributed by atoms with Crippen molar-refractivity contribution in [1.29, 1.82) is 0 Å². The minimum absolute atomic E-state index is 0.00867. The highest BCUT2D eigenvalue weighted by atomic mass is 16.7. The van der Waals surface area contributed by atoms with Crippen molar-refractivity contribution in [1.82, 2.24) is 19.5 Å². The molecule has 2 aromatic heterocycles. The van der Waals surface area contributed by atoms with Crippen LogP contribution in [0.4, 0.5) is 5.95 Å². The molecule has 3 heterocycles. The van der Waals surface area contributed by atoms with Gasteiger partial charge < -0.3 is 18.9 Å². The predicted octanol–water partition coefficient (Wildman–Crippen LogP) is -0.598. The van der Waals surface area contributed by atoms with E-state index in [1.165, 1.54) is 24.7 Å². The second-order valence-corrected chi connectivity index (χ2v) is 6.94. The minimum Gasteiger partial charge on any atom is -0.463 e. The summed E-state index contributed by atoms with van der Waals surface area (Å²) in [5.74, 6) is -2.56. The topological polar surface area (TPSA) is 181 Å². The molecule has 0 radical (unpaired) electrons. The van der Waals surface area contributed by atoms with E-state index in [0.29, 0.717) is 0 Å². The van der Waals surface area contributed by atoms with Crippen molar-refractivity contribution in [2.24, 2.45) is 0 Å². The van der Waals surface area contributed by atoms with Crippen LogP contribution in [0.5, 0.6) is 0 Å². The number of aromatic nitrogens is 4. The molecule has 2 N–H and O–H groups in total. The molecule has 1 aliphatic rings. The normalized spacial score (nSPS) is 22.4. The van der Waals surface area contributed by atoms with E-state index in [1.54, 1.807) is 0 Å². The van der Waals surface area contributed by atoms with Crippen LogP contribution >= 0.6 is 0 Å². The Morgan fingerprint density at radius 3 is 2.34 bits per heavy atom. The van der Waals surface area contributed by atoms with E-state index in [1.807, 2.05) is 0 Å². The number of rotatable bonds is 6. The van der Waals surface area contributed by atoms with Crippen molar-refractivity contribution in [3.05, 3.63) is 16.7 Å². The number of imidazole rings is 1. The zero-order valence-electron chi connectivity index (χ0n) is 17.6. The number of aromatic amines is 1. The quantitative estimate of drug-likeness (QED) is 0.423. The van der Waals surface area contributed by atoms with Crippen LogP contribution in [0.2, 0.25) is 0 Å². The van der Waals surface area contributed by atoms with Crippen LogP contribution in [0.3, 0.4) is 0 Å². The Morgan fingerprint density at radius 2 is 1.75 bits per heavy atom. The highest BCUT2D eigenvalue weighted by molar-refractivity contribution is 5.87. The number of esters is 3. The van der Waals surface area contributed by atoms with Gasteiger partial charge in [0.05, 0.1) is 6.33 Å². The number of nitrogens with one attached hydrogen (secondary N) is 2. The molecule has 0 aromatic carbocycles. The summed E-state index contributed by atoms with van der Waals surface area (Å²) in [4.78, 5) is 69.0. The van der Waals surface area contributed by atoms with E-state index in [2.05, 4.69) is 20.3 Å². The van der Waals surface area contributed by atoms with E-state index in [-0.39, 0.29) is 23.7 Å². The molecule has 0 spiro atoms. The lowest BCUT2D eigenvalue weighted by molar-refractivity contribution is -0.166. The van der Waals surface area contributed by atoms with Gasteiger partial charge in [-0.15, -0.1) is 0 Å². The van der Waals surface area contributed by atoms with Gasteiger partial charge in [0.1, 0.15) is 12.7 Å². The van der Waals surface area contributed by atoms with Crippen LogP contribution in [-0.4, -0.2) is 68.3 Å². The molecule has 0 bridgehead atoms. The zero-order chi connectivity index (χ0) is 23.6. The van der Waals surface area contributed by atoms with Gasteiger partial charge in [-0.25, -0.2) is 4.98 Å². The summed E-state index contributed by atoms with van der Waals surface area (Å²) in [5, 5.41) is 2.37. The van der Waals surface area contributed by atoms with E-state index in [4.69, 9.17) is 18.9 Å². The number of hydrogen-bond acceptors (Lipinski definition) is 11. The monoisotopic (exact) mass is 451 g/mol. The van der Waals surface area contributed by atoms with E-state index >= 15 is 0 Å². The van der Waals surface area contributed by atoms with Crippen molar-refractivity contribution in [3.63, 3.8) is 0 Å². The Morgan fingerprint density at radius 1 is 1.09 bits per heavy atom. The fraction of sp³-hybridized carbons (Fsp3) is 0.500. The summed E-state index contributed by atoms with van der Waals surface area (Å²) in [6, 6.07) is 0. The molecule has 1 aliphatic heterocycles. The Hall–Kier alpha value is -3.81. The number of fused-ring (bicyclic) bond motifs is 1. The zero-order valence-corrected chi connectivity index (χ0v) is 17.6. The average Bonchev–Trinajstić information content (AvgIpc) is 3.21. The Bertz CT molecular complexity index is 1120. The number of amides is 1. The average molecular weight is 451 g/mol. The fourth-order valence-electron chi connectivity index (χ4n) is 3.26. The first-order valence-corrected chi connectivity index (χ1v) is 9.44. The van der Waals surface area contributed by atoms with Gasteiger partial charge in [0.2, 0.25) is 11.9 Å². The third kappa shape index (κ3) is 4.91. The first kappa shape index (κ1) is 22.9. The molecule has 4 atom stereocenters. The Labute approximate surface area is 180 Å². The van der Waals surface area contributed by atoms with Crippen LogP contribution < -0.4 is 10.9 Å². The lowest BCUT2D eigenvalue weighted by Gasteiger charge is -2.23. The van der Waals surface area contributed by atoms with Gasteiger partial charge >= 0.3 is 17.9 Å². The molecule has 2 aromatic rings. The molecule has 0 saturated carbocycles. The maximum Gasteiger partial charge on any atom is 0.303 e. The molecule has 172 valence electrons. The smallest absolute Gasteiger partial charge is 0.303 e. The molecular formula is C18H21N5O9. The largest absolute Gasteiger partial charge is 0.463 e. The third-order valence-electron chi connectivity index (χ3n) is 4.34. The number of carbonyl (C=O) groups excluding carboxylic acids is 4. The SMILES string of the molecule is CC(=O)Nc1nc2c(ncn2[C@@H]2O[C@@H](COC(C)=O)[C@@H](OC(C)=O)[C@H]2OC(C)=O)c(=O)[nH]1. The summed E-state index contributed by atoms with van der Waals surface area (Å²) in [7, 11) is 0. The number of hydrogen-bond donors (Lipinski definition) is 2. The van der Waals surface area contributed by atoms with Gasteiger partial charge in [0.15, 0.2) is 29.6 Å². The van der Waals surface area contributed by atoms with Crippen molar-refractivity contribution in [2.75, 3.05) is 11.9 Å². The van der Waals surface area contributed by atoms with Gasteiger partial charge in [-0.1, -0.05) is 0 Å². The first-order chi connectivity index (χ1) is 15.1. The molecule has 14 heteroatoms. The molecule has 3 rings (SSSR count). The highest BCUT2D eigenvalue weighted by Crippen LogP contribution is 2.35. The maximum atomic E-state index is 12.3. The molecule has 0 aliphatic carbocycles. The number of carbonyl (C=O) groups is 4. The van der Waals surface area contributed by atoms with Gasteiger partial charge in [-0.3, -0.25) is 38.8 Å². The van der Waals surface area contributed by atoms with Crippen molar-refractivity contribution < 1.29 is 38.1 Å². The van der Waals surface area contributed by atoms with Crippen LogP contribution in [0.15, 0.2) is 11.1 Å². The summed E-state index contributed by atoms with van der Waals surface area (Å²) >= 11 is 0. The molecule has 14 nitrogen and oxygen atoms in total. The van der Waals surface area contributed by atoms with Crippen LogP contribution in [0, 0.1) is 0 Å². The van der Waals surface area contributed by atoms with Crippen LogP contribution in [-0.2, 0) is 38.1 Å². The fourth-order valence-corrected chi connectivity index (χ4v) is 3.26. The number of H-pyrrole nitrogens is 1. The van der Waals surface area contributed by atoms with Gasteiger partial charge in [0.25, 0.3) is 5.56 Å². The number of nitrogens with zero attached hydrogens (tertiary/aromatic N) is 3. The van der Waals surface area contributed by atoms with E-state index < -0.39 is 53.9 Å². The molecule has 1 saturated heterocycles. The Kier molecular flexibility index (Phi) is 6.53. The number of ether oxygens (including phenoxy) is 4. The highest BCUT2D eigenvalue weighted by Gasteiger charge is 2.51. The molecular weight excluding hydrogens is 430 g/mol. The van der Waals surface area contributed by atoms with Gasteiger partial charge in [-0.2, -0.15) is 4.98 Å². The maximum absolute atomic E-state index is 12.3. The second-order valence-electron chi connectivity index (χ2n) is 6.94. The van der Waals surface area contributed by atoms with E-state index in [9.17, 15) is 24.0 Å². The first-order valence-electron chi connectivity index (χ1n) is 9.44. The molecule has 32 heavy (non-hydrogen) atoms. The van der Waals surface area contributed by atoms with E-state index in [0.717, 1.165) is 13.8 Å². The standard InChI is InChI=1S/C18H21N5O9/c1-7(24)20-18-21-15-12(16(28)22-18)19-6-23(15)17-14(31-10(4)27)13(30-9(3)26)11(32-17)5-29-8(2)25/h6,11,13-14,17H,5H2,1-4H3,(H2,20,21,22,24,28)/t11-,13+,14+,17+/m0/s1. The lowest BCUT2D eigenvalue weighted by Crippen LogP contribution is -2.40. The molecule has 1 fully saturated rings. The summed E-state index contributed by atoms with van der Waals surface area (Å²) in [5.41, 5.74) is -0.696. The molecule has 1 amide bonds.